The molecular formula is C16H20N2O. The van der Waals surface area contributed by atoms with Crippen molar-refractivity contribution in [1.82, 2.24) is 0 Å². The summed E-state index contributed by atoms with van der Waals surface area (Å²) in [5, 5.41) is 9.21. The highest BCUT2D eigenvalue weighted by Gasteiger charge is 2.32. The molecule has 0 saturated heterocycles. The third kappa shape index (κ3) is 2.63. The van der Waals surface area contributed by atoms with Gasteiger partial charge in [0.2, 0.25) is 5.91 Å². The lowest BCUT2D eigenvalue weighted by molar-refractivity contribution is -0.122. The molecule has 1 amide bonds. The first-order valence-electron chi connectivity index (χ1n) is 6.83. The van der Waals surface area contributed by atoms with Gasteiger partial charge in [-0.25, -0.2) is 0 Å². The van der Waals surface area contributed by atoms with Gasteiger partial charge in [0.15, 0.2) is 0 Å². The summed E-state index contributed by atoms with van der Waals surface area (Å²) >= 11 is 0. The molecular weight excluding hydrogens is 236 g/mol. The van der Waals surface area contributed by atoms with Gasteiger partial charge >= 0.3 is 0 Å². The predicted octanol–water partition coefficient (Wildman–Crippen LogP) is 3.01. The highest BCUT2D eigenvalue weighted by molar-refractivity contribution is 5.97. The lowest BCUT2D eigenvalue weighted by atomic mass is 9.90. The van der Waals surface area contributed by atoms with Crippen molar-refractivity contribution in [3.05, 3.63) is 29.8 Å². The second kappa shape index (κ2) is 5.44. The monoisotopic (exact) mass is 256 g/mol. The molecule has 0 fully saturated rings. The van der Waals surface area contributed by atoms with Gasteiger partial charge in [-0.2, -0.15) is 5.26 Å². The molecule has 0 radical (unpaired) electrons. The van der Waals surface area contributed by atoms with Crippen LogP contribution in [0.5, 0.6) is 0 Å². The minimum atomic E-state index is -0.557. The van der Waals surface area contributed by atoms with Crippen LogP contribution in [0.15, 0.2) is 24.3 Å². The first-order valence-corrected chi connectivity index (χ1v) is 6.83. The molecule has 1 aromatic rings. The van der Waals surface area contributed by atoms with Crippen molar-refractivity contribution in [2.75, 3.05) is 11.4 Å². The van der Waals surface area contributed by atoms with Crippen LogP contribution < -0.4 is 4.90 Å². The van der Waals surface area contributed by atoms with Crippen molar-refractivity contribution in [3.63, 3.8) is 0 Å². The molecule has 2 rings (SSSR count). The predicted molar refractivity (Wildman–Crippen MR) is 75.6 cm³/mol. The number of benzene rings is 1. The Hall–Kier alpha value is -1.82. The highest BCUT2D eigenvalue weighted by Crippen LogP contribution is 2.31. The fourth-order valence-corrected chi connectivity index (χ4v) is 2.66. The van der Waals surface area contributed by atoms with Crippen molar-refractivity contribution in [2.45, 2.75) is 27.2 Å². The Bertz CT molecular complexity index is 516. The van der Waals surface area contributed by atoms with Gasteiger partial charge in [0.05, 0.1) is 6.07 Å². The molecule has 100 valence electrons. The third-order valence-corrected chi connectivity index (χ3v) is 3.68. The fraction of sp³-hybridized carbons (Fsp3) is 0.500. The topological polar surface area (TPSA) is 44.1 Å². The lowest BCUT2D eigenvalue weighted by Gasteiger charge is -2.34. The average molecular weight is 256 g/mol. The Morgan fingerprint density at radius 3 is 2.74 bits per heavy atom. The maximum atomic E-state index is 12.6. The van der Waals surface area contributed by atoms with E-state index in [1.165, 1.54) is 5.56 Å². The summed E-state index contributed by atoms with van der Waals surface area (Å²) < 4.78 is 0. The number of fused-ring (bicyclic) bond motifs is 1. The van der Waals surface area contributed by atoms with Gasteiger partial charge in [0, 0.05) is 12.2 Å². The summed E-state index contributed by atoms with van der Waals surface area (Å²) in [6.07, 6.45) is 0.999. The standard InChI is InChI=1S/C16H20N2O/c1-11(2)14(9-17)16(19)18-10-12(3)8-13-6-4-5-7-15(13)18/h4-7,11-12,14H,8,10H2,1-3H3. The van der Waals surface area contributed by atoms with Crippen LogP contribution in [0, 0.1) is 29.1 Å². The largest absolute Gasteiger partial charge is 0.311 e. The second-order valence-electron chi connectivity index (χ2n) is 5.74. The minimum Gasteiger partial charge on any atom is -0.311 e. The molecule has 0 saturated carbocycles. The van der Waals surface area contributed by atoms with Crippen molar-refractivity contribution < 1.29 is 4.79 Å². The molecule has 0 bridgehead atoms. The zero-order chi connectivity index (χ0) is 14.0. The van der Waals surface area contributed by atoms with Crippen LogP contribution in [0.2, 0.25) is 0 Å². The molecule has 0 aliphatic carbocycles. The molecule has 0 aromatic heterocycles. The number of nitriles is 1. The van der Waals surface area contributed by atoms with Crippen molar-refractivity contribution in [1.29, 1.82) is 5.26 Å². The van der Waals surface area contributed by atoms with Gasteiger partial charge in [-0.05, 0) is 29.9 Å². The lowest BCUT2D eigenvalue weighted by Crippen LogP contribution is -2.43. The molecule has 3 heteroatoms. The summed E-state index contributed by atoms with van der Waals surface area (Å²) in [7, 11) is 0. The smallest absolute Gasteiger partial charge is 0.244 e. The van der Waals surface area contributed by atoms with Crippen LogP contribution in [0.25, 0.3) is 0 Å². The van der Waals surface area contributed by atoms with Crippen LogP contribution in [-0.2, 0) is 11.2 Å². The van der Waals surface area contributed by atoms with Crippen LogP contribution >= 0.6 is 0 Å². The van der Waals surface area contributed by atoms with E-state index in [-0.39, 0.29) is 11.8 Å². The number of rotatable bonds is 2. The zero-order valence-corrected chi connectivity index (χ0v) is 11.8. The summed E-state index contributed by atoms with van der Waals surface area (Å²) in [4.78, 5) is 14.4. The van der Waals surface area contributed by atoms with E-state index in [2.05, 4.69) is 19.1 Å². The van der Waals surface area contributed by atoms with E-state index in [1.807, 2.05) is 32.0 Å². The van der Waals surface area contributed by atoms with Crippen molar-refractivity contribution in [3.8, 4) is 6.07 Å². The molecule has 3 nitrogen and oxygen atoms in total. The molecule has 1 aliphatic heterocycles. The summed E-state index contributed by atoms with van der Waals surface area (Å²) in [6.45, 7) is 6.70. The van der Waals surface area contributed by atoms with E-state index in [4.69, 9.17) is 0 Å². The maximum Gasteiger partial charge on any atom is 0.244 e. The van der Waals surface area contributed by atoms with E-state index in [0.29, 0.717) is 12.5 Å². The maximum absolute atomic E-state index is 12.6. The molecule has 0 spiro atoms. The van der Waals surface area contributed by atoms with E-state index in [1.54, 1.807) is 4.90 Å². The Kier molecular flexibility index (Phi) is 3.90. The Morgan fingerprint density at radius 2 is 2.11 bits per heavy atom. The first-order chi connectivity index (χ1) is 9.04. The SMILES string of the molecule is CC1Cc2ccccc2N(C(=O)C(C#N)C(C)C)C1. The molecule has 1 aliphatic rings. The summed E-state index contributed by atoms with van der Waals surface area (Å²) in [5.74, 6) is -0.137. The number of carbonyl (C=O) groups is 1. The molecule has 1 aromatic carbocycles. The fourth-order valence-electron chi connectivity index (χ4n) is 2.66. The molecule has 2 unspecified atom stereocenters. The van der Waals surface area contributed by atoms with Gasteiger partial charge in [-0.1, -0.05) is 39.0 Å². The number of anilines is 1. The van der Waals surface area contributed by atoms with E-state index < -0.39 is 5.92 Å². The van der Waals surface area contributed by atoms with E-state index >= 15 is 0 Å². The first kappa shape index (κ1) is 13.6. The summed E-state index contributed by atoms with van der Waals surface area (Å²) in [5.41, 5.74) is 2.18. The number of amides is 1. The normalized spacial score (nSPS) is 19.7. The number of para-hydroxylation sites is 1. The third-order valence-electron chi connectivity index (χ3n) is 3.68. The zero-order valence-electron chi connectivity index (χ0n) is 11.8. The number of hydrogen-bond acceptors (Lipinski definition) is 2. The van der Waals surface area contributed by atoms with Gasteiger partial charge in [0.1, 0.15) is 5.92 Å². The second-order valence-corrected chi connectivity index (χ2v) is 5.74. The Labute approximate surface area is 114 Å². The van der Waals surface area contributed by atoms with Gasteiger partial charge in [0.25, 0.3) is 0 Å². The minimum absolute atomic E-state index is 0.0434. The highest BCUT2D eigenvalue weighted by atomic mass is 16.2. The van der Waals surface area contributed by atoms with Gasteiger partial charge in [-0.3, -0.25) is 4.79 Å². The Balaban J connectivity index is 2.35. The van der Waals surface area contributed by atoms with Crippen molar-refractivity contribution >= 4 is 11.6 Å². The number of carbonyl (C=O) groups excluding carboxylic acids is 1. The molecule has 1 heterocycles. The molecule has 0 N–H and O–H groups in total. The molecule has 19 heavy (non-hydrogen) atoms. The summed E-state index contributed by atoms with van der Waals surface area (Å²) in [6, 6.07) is 10.2. The molecule has 2 atom stereocenters. The van der Waals surface area contributed by atoms with Crippen molar-refractivity contribution in [2.24, 2.45) is 17.8 Å². The number of nitrogens with zero attached hydrogens (tertiary/aromatic N) is 2. The van der Waals surface area contributed by atoms with Crippen LogP contribution in [0.1, 0.15) is 26.3 Å². The van der Waals surface area contributed by atoms with Crippen LogP contribution in [0.4, 0.5) is 5.69 Å². The van der Waals surface area contributed by atoms with E-state index in [0.717, 1.165) is 12.1 Å². The van der Waals surface area contributed by atoms with Crippen LogP contribution in [-0.4, -0.2) is 12.5 Å². The van der Waals surface area contributed by atoms with Gasteiger partial charge in [-0.15, -0.1) is 0 Å². The Morgan fingerprint density at radius 1 is 1.42 bits per heavy atom. The van der Waals surface area contributed by atoms with Gasteiger partial charge < -0.3 is 4.90 Å². The quantitative estimate of drug-likeness (QED) is 0.816. The average Bonchev–Trinajstić information content (AvgIpc) is 2.37. The van der Waals surface area contributed by atoms with E-state index in [9.17, 15) is 10.1 Å². The van der Waals surface area contributed by atoms with Crippen LogP contribution in [0.3, 0.4) is 0 Å². The number of hydrogen-bond donors (Lipinski definition) is 0.